The maximum Gasteiger partial charge on any atom is 0.236 e. The van der Waals surface area contributed by atoms with E-state index in [0.717, 1.165) is 56.8 Å². The summed E-state index contributed by atoms with van der Waals surface area (Å²) in [5, 5.41) is 23.5. The van der Waals surface area contributed by atoms with E-state index in [-0.39, 0.29) is 29.3 Å². The fourth-order valence-electron chi connectivity index (χ4n) is 8.35. The zero-order chi connectivity index (χ0) is 24.2. The predicted molar refractivity (Wildman–Crippen MR) is 132 cm³/mol. The maximum atomic E-state index is 13.6. The molecular weight excluding hydrogens is 442 g/mol. The first-order chi connectivity index (χ1) is 16.7. The summed E-state index contributed by atoms with van der Waals surface area (Å²) in [4.78, 5) is 20.4. The van der Waals surface area contributed by atoms with Crippen LogP contribution in [0.2, 0.25) is 0 Å². The lowest BCUT2D eigenvalue weighted by molar-refractivity contribution is -0.162. The molecule has 7 heteroatoms. The second kappa shape index (κ2) is 7.36. The lowest BCUT2D eigenvalue weighted by Gasteiger charge is -2.60. The minimum atomic E-state index is -0.973. The molecule has 4 fully saturated rings. The minimum Gasteiger partial charge on any atom is -0.504 e. The summed E-state index contributed by atoms with van der Waals surface area (Å²) < 4.78 is 6.54. The van der Waals surface area contributed by atoms with Gasteiger partial charge in [0.25, 0.3) is 0 Å². The quantitative estimate of drug-likeness (QED) is 0.687. The highest BCUT2D eigenvalue weighted by Gasteiger charge is 2.71. The van der Waals surface area contributed by atoms with Gasteiger partial charge in [-0.05, 0) is 89.4 Å². The lowest BCUT2D eigenvalue weighted by Crippen LogP contribution is -2.74. The summed E-state index contributed by atoms with van der Waals surface area (Å²) >= 11 is 0. The van der Waals surface area contributed by atoms with Gasteiger partial charge in [0.2, 0.25) is 5.91 Å². The van der Waals surface area contributed by atoms with Crippen LogP contribution < -0.4 is 4.74 Å². The van der Waals surface area contributed by atoms with Gasteiger partial charge in [0.05, 0.1) is 24.1 Å². The van der Waals surface area contributed by atoms with Gasteiger partial charge in [-0.3, -0.25) is 14.6 Å². The van der Waals surface area contributed by atoms with Crippen molar-refractivity contribution >= 4 is 5.91 Å². The molecule has 1 spiro atoms. The average molecular weight is 482 g/mol. The number of hydrogen-bond donors (Lipinski definition) is 2. The van der Waals surface area contributed by atoms with Crippen molar-refractivity contribution in [1.82, 2.24) is 14.7 Å². The Morgan fingerprint density at radius 1 is 1.14 bits per heavy atom. The van der Waals surface area contributed by atoms with Crippen LogP contribution >= 0.6 is 0 Å². The second-order valence-electron chi connectivity index (χ2n) is 12.8. The predicted octanol–water partition coefficient (Wildman–Crippen LogP) is 2.27. The summed E-state index contributed by atoms with van der Waals surface area (Å²) in [7, 11) is 0. The highest BCUT2D eigenvalue weighted by Crippen LogP contribution is 2.63. The number of phenolic OH excluding ortho intramolecular Hbond substituents is 1. The van der Waals surface area contributed by atoms with E-state index in [1.54, 1.807) is 6.07 Å². The van der Waals surface area contributed by atoms with Crippen molar-refractivity contribution in [2.75, 3.05) is 39.3 Å². The first kappa shape index (κ1) is 22.4. The van der Waals surface area contributed by atoms with E-state index in [0.29, 0.717) is 31.8 Å². The first-order valence-corrected chi connectivity index (χ1v) is 13.7. The number of carbonyl (C=O) groups excluding carboxylic acids is 1. The van der Waals surface area contributed by atoms with E-state index in [1.165, 1.54) is 18.4 Å². The van der Waals surface area contributed by atoms with E-state index in [2.05, 4.69) is 23.6 Å². The van der Waals surface area contributed by atoms with Crippen molar-refractivity contribution in [3.8, 4) is 11.5 Å². The second-order valence-corrected chi connectivity index (χ2v) is 12.8. The van der Waals surface area contributed by atoms with Gasteiger partial charge in [-0.15, -0.1) is 0 Å². The van der Waals surface area contributed by atoms with E-state index >= 15 is 0 Å². The number of aliphatic hydroxyl groups is 1. The molecule has 1 amide bonds. The molecule has 4 aliphatic heterocycles. The Morgan fingerprint density at radius 3 is 2.71 bits per heavy atom. The SMILES string of the molecule is CC1(C)CCCN1CC(=O)N1CC[C@@]2(O)[C@H]3Cc4ccc(O)c5c4[C@@]2(CCN3CC2CC2)[C@H](C1)O5. The number of amides is 1. The van der Waals surface area contributed by atoms with Crippen molar-refractivity contribution in [2.24, 2.45) is 5.92 Å². The Balaban J connectivity index is 1.26. The molecule has 0 aromatic heterocycles. The molecule has 4 atom stereocenters. The molecule has 4 heterocycles. The van der Waals surface area contributed by atoms with Crippen LogP contribution in [0.25, 0.3) is 0 Å². The smallest absolute Gasteiger partial charge is 0.236 e. The molecule has 1 saturated carbocycles. The zero-order valence-electron chi connectivity index (χ0n) is 21.1. The standard InChI is InChI=1S/C28H39N3O4/c1-26(2)8-3-11-31(26)17-23(33)30-13-10-28(34)21-14-19-6-7-20(32)25-24(19)27(28,22(16-30)35-25)9-12-29(21)15-18-4-5-18/h6-7,18,21-22,32,34H,3-5,8-17H2,1-2H3/t21-,22+,27-,28-/m1/s1. The highest BCUT2D eigenvalue weighted by atomic mass is 16.5. The number of piperidine rings is 1. The number of nitrogens with zero attached hydrogens (tertiary/aromatic N) is 3. The monoisotopic (exact) mass is 481 g/mol. The molecule has 3 saturated heterocycles. The summed E-state index contributed by atoms with van der Waals surface area (Å²) in [5.74, 6) is 1.60. The third-order valence-electron chi connectivity index (χ3n) is 10.5. The molecule has 0 unspecified atom stereocenters. The number of phenols is 1. The molecule has 0 radical (unpaired) electrons. The van der Waals surface area contributed by atoms with Crippen molar-refractivity contribution in [3.05, 3.63) is 23.3 Å². The van der Waals surface area contributed by atoms with Gasteiger partial charge in [0.1, 0.15) is 6.10 Å². The molecule has 7 rings (SSSR count). The normalized spacial score (nSPS) is 37.6. The minimum absolute atomic E-state index is 0.0264. The molecule has 6 aliphatic rings. The third kappa shape index (κ3) is 3.04. The zero-order valence-corrected chi connectivity index (χ0v) is 21.1. The largest absolute Gasteiger partial charge is 0.504 e. The van der Waals surface area contributed by atoms with Crippen LogP contribution in [0.3, 0.4) is 0 Å². The molecule has 1 aromatic rings. The van der Waals surface area contributed by atoms with E-state index in [9.17, 15) is 15.0 Å². The summed E-state index contributed by atoms with van der Waals surface area (Å²) in [6, 6.07) is 3.82. The molecule has 2 N–H and O–H groups in total. The molecule has 2 bridgehead atoms. The van der Waals surface area contributed by atoms with Crippen molar-refractivity contribution in [2.45, 2.75) is 87.5 Å². The molecule has 2 aliphatic carbocycles. The highest BCUT2D eigenvalue weighted by molar-refractivity contribution is 5.79. The van der Waals surface area contributed by atoms with Gasteiger partial charge >= 0.3 is 0 Å². The van der Waals surface area contributed by atoms with Crippen molar-refractivity contribution in [3.63, 3.8) is 0 Å². The molecule has 35 heavy (non-hydrogen) atoms. The Hall–Kier alpha value is -1.83. The van der Waals surface area contributed by atoms with Gasteiger partial charge in [-0.25, -0.2) is 0 Å². The maximum absolute atomic E-state index is 13.6. The number of carbonyl (C=O) groups is 1. The van der Waals surface area contributed by atoms with Crippen LogP contribution in [0.1, 0.15) is 63.5 Å². The van der Waals surface area contributed by atoms with Crippen LogP contribution in [-0.2, 0) is 16.6 Å². The van der Waals surface area contributed by atoms with Crippen molar-refractivity contribution < 1.29 is 19.7 Å². The Kier molecular flexibility index (Phi) is 4.70. The summed E-state index contributed by atoms with van der Waals surface area (Å²) in [5.41, 5.74) is 0.740. The molecule has 7 nitrogen and oxygen atoms in total. The topological polar surface area (TPSA) is 76.5 Å². The van der Waals surface area contributed by atoms with Gasteiger partial charge in [-0.1, -0.05) is 6.07 Å². The number of ether oxygens (including phenoxy) is 1. The number of benzene rings is 1. The van der Waals surface area contributed by atoms with Crippen LogP contribution in [0.4, 0.5) is 0 Å². The Bertz CT molecular complexity index is 1070. The van der Waals surface area contributed by atoms with Crippen LogP contribution in [-0.4, -0.2) is 93.4 Å². The Labute approximate surface area is 208 Å². The number of likely N-dealkylation sites (tertiary alicyclic amines) is 3. The molecular formula is C28H39N3O4. The fourth-order valence-corrected chi connectivity index (χ4v) is 8.35. The first-order valence-electron chi connectivity index (χ1n) is 13.7. The van der Waals surface area contributed by atoms with Gasteiger partial charge in [-0.2, -0.15) is 0 Å². The lowest BCUT2D eigenvalue weighted by atomic mass is 9.52. The van der Waals surface area contributed by atoms with Crippen molar-refractivity contribution in [1.29, 1.82) is 0 Å². The molecule has 190 valence electrons. The van der Waals surface area contributed by atoms with Crippen LogP contribution in [0, 0.1) is 5.92 Å². The summed E-state index contributed by atoms with van der Waals surface area (Å²) in [6.45, 7) is 8.86. The van der Waals surface area contributed by atoms with Gasteiger partial charge in [0.15, 0.2) is 11.5 Å². The number of aromatic hydroxyl groups is 1. The van der Waals surface area contributed by atoms with Crippen LogP contribution in [0.5, 0.6) is 11.5 Å². The van der Waals surface area contributed by atoms with Gasteiger partial charge in [0, 0.05) is 30.2 Å². The van der Waals surface area contributed by atoms with E-state index in [1.807, 2.05) is 11.0 Å². The van der Waals surface area contributed by atoms with Gasteiger partial charge < -0.3 is 19.8 Å². The van der Waals surface area contributed by atoms with Crippen LogP contribution in [0.15, 0.2) is 12.1 Å². The number of hydrogen-bond acceptors (Lipinski definition) is 6. The number of rotatable bonds is 4. The average Bonchev–Trinajstić information content (AvgIpc) is 3.50. The van der Waals surface area contributed by atoms with E-state index < -0.39 is 11.0 Å². The Morgan fingerprint density at radius 2 is 1.97 bits per heavy atom. The molecule has 1 aromatic carbocycles. The third-order valence-corrected chi connectivity index (χ3v) is 10.5. The van der Waals surface area contributed by atoms with E-state index in [4.69, 9.17) is 4.74 Å². The fraction of sp³-hybridized carbons (Fsp3) is 0.750. The summed E-state index contributed by atoms with van der Waals surface area (Å²) in [6.07, 6.45) is 6.64.